The zero-order valence-electron chi connectivity index (χ0n) is 18.6. The first-order valence-corrected chi connectivity index (χ1v) is 10.4. The van der Waals surface area contributed by atoms with Crippen LogP contribution in [0.3, 0.4) is 0 Å². The van der Waals surface area contributed by atoms with Crippen molar-refractivity contribution in [1.82, 2.24) is 15.2 Å². The van der Waals surface area contributed by atoms with Gasteiger partial charge in [0.2, 0.25) is 0 Å². The lowest BCUT2D eigenvalue weighted by atomic mass is 10.1. The molecule has 0 atom stereocenters. The van der Waals surface area contributed by atoms with Crippen LogP contribution in [-0.4, -0.2) is 36.1 Å². The van der Waals surface area contributed by atoms with Crippen LogP contribution in [0, 0.1) is 6.92 Å². The van der Waals surface area contributed by atoms with Crippen LogP contribution in [0.1, 0.15) is 21.6 Å². The van der Waals surface area contributed by atoms with Crippen LogP contribution in [0.5, 0.6) is 11.5 Å². The van der Waals surface area contributed by atoms with Gasteiger partial charge in [-0.2, -0.15) is 10.2 Å². The van der Waals surface area contributed by atoms with Crippen LogP contribution in [0.4, 0.5) is 0 Å². The van der Waals surface area contributed by atoms with Gasteiger partial charge in [-0.3, -0.25) is 4.79 Å². The Kier molecular flexibility index (Phi) is 6.50. The van der Waals surface area contributed by atoms with E-state index in [0.717, 1.165) is 22.5 Å². The molecular weight excluding hydrogens is 416 g/mol. The third kappa shape index (κ3) is 4.93. The molecular formula is C26H24N4O3. The number of aryl methyl sites for hydroxylation is 1. The van der Waals surface area contributed by atoms with E-state index in [1.54, 1.807) is 43.2 Å². The Balaban J connectivity index is 1.62. The number of nitrogens with zero attached hydrogens (tertiary/aromatic N) is 3. The molecule has 0 aliphatic rings. The average molecular weight is 441 g/mol. The highest BCUT2D eigenvalue weighted by Gasteiger charge is 2.16. The van der Waals surface area contributed by atoms with Gasteiger partial charge in [-0.15, -0.1) is 0 Å². The number of hydrazone groups is 1. The number of nitrogens with one attached hydrogen (secondary N) is 1. The van der Waals surface area contributed by atoms with Gasteiger partial charge in [-0.05, 0) is 43.3 Å². The Morgan fingerprint density at radius 3 is 2.42 bits per heavy atom. The van der Waals surface area contributed by atoms with Gasteiger partial charge >= 0.3 is 0 Å². The Morgan fingerprint density at radius 1 is 0.970 bits per heavy atom. The van der Waals surface area contributed by atoms with Crippen molar-refractivity contribution in [3.63, 3.8) is 0 Å². The van der Waals surface area contributed by atoms with Crippen molar-refractivity contribution in [1.29, 1.82) is 0 Å². The Morgan fingerprint density at radius 2 is 1.73 bits per heavy atom. The van der Waals surface area contributed by atoms with Gasteiger partial charge in [-0.1, -0.05) is 48.0 Å². The molecule has 0 spiro atoms. The molecule has 33 heavy (non-hydrogen) atoms. The summed E-state index contributed by atoms with van der Waals surface area (Å²) in [5.41, 5.74) is 7.26. The lowest BCUT2D eigenvalue weighted by Crippen LogP contribution is -2.18. The van der Waals surface area contributed by atoms with Crippen LogP contribution in [0.2, 0.25) is 0 Å². The second kappa shape index (κ2) is 9.82. The van der Waals surface area contributed by atoms with E-state index in [9.17, 15) is 4.79 Å². The van der Waals surface area contributed by atoms with E-state index in [1.165, 1.54) is 6.21 Å². The summed E-state index contributed by atoms with van der Waals surface area (Å²) >= 11 is 0. The fourth-order valence-electron chi connectivity index (χ4n) is 3.35. The number of carbonyl (C=O) groups is 1. The number of carbonyl (C=O) groups excluding carboxylic acids is 1. The van der Waals surface area contributed by atoms with Gasteiger partial charge in [0.1, 0.15) is 11.5 Å². The molecule has 3 aromatic carbocycles. The topological polar surface area (TPSA) is 77.7 Å². The maximum Gasteiger partial charge on any atom is 0.291 e. The van der Waals surface area contributed by atoms with E-state index >= 15 is 0 Å². The summed E-state index contributed by atoms with van der Waals surface area (Å²) in [5, 5.41) is 8.64. The van der Waals surface area contributed by atoms with Crippen molar-refractivity contribution in [2.75, 3.05) is 14.2 Å². The predicted molar refractivity (Wildman–Crippen MR) is 128 cm³/mol. The second-order valence-electron chi connectivity index (χ2n) is 7.34. The van der Waals surface area contributed by atoms with Crippen molar-refractivity contribution in [3.05, 3.63) is 95.7 Å². The van der Waals surface area contributed by atoms with E-state index in [0.29, 0.717) is 17.1 Å². The first kappa shape index (κ1) is 21.8. The van der Waals surface area contributed by atoms with Gasteiger partial charge in [0.15, 0.2) is 5.69 Å². The van der Waals surface area contributed by atoms with Gasteiger partial charge in [0.25, 0.3) is 5.91 Å². The normalized spacial score (nSPS) is 10.9. The molecule has 1 aromatic heterocycles. The quantitative estimate of drug-likeness (QED) is 0.336. The third-order valence-electron chi connectivity index (χ3n) is 5.10. The lowest BCUT2D eigenvalue weighted by Gasteiger charge is -2.07. The van der Waals surface area contributed by atoms with Gasteiger partial charge < -0.3 is 9.47 Å². The van der Waals surface area contributed by atoms with Crippen LogP contribution < -0.4 is 14.9 Å². The van der Waals surface area contributed by atoms with E-state index < -0.39 is 5.91 Å². The highest BCUT2D eigenvalue weighted by molar-refractivity contribution is 5.94. The van der Waals surface area contributed by atoms with Crippen LogP contribution in [0.25, 0.3) is 16.9 Å². The minimum Gasteiger partial charge on any atom is -0.497 e. The molecule has 166 valence electrons. The molecule has 7 heteroatoms. The zero-order valence-corrected chi connectivity index (χ0v) is 18.6. The molecule has 4 aromatic rings. The molecule has 0 unspecified atom stereocenters. The standard InChI is InChI=1S/C26H24N4O3/c1-18-9-11-19(12-10-18)24-16-23(29-30(24)21-7-5-4-6-8-21)26(31)28-27-17-20-15-22(32-2)13-14-25(20)33-3/h4-17H,1-3H3,(H,28,31)/b27-17-. The van der Waals surface area contributed by atoms with Gasteiger partial charge in [0.05, 0.1) is 31.8 Å². The summed E-state index contributed by atoms with van der Waals surface area (Å²) < 4.78 is 12.3. The van der Waals surface area contributed by atoms with Crippen LogP contribution in [-0.2, 0) is 0 Å². The van der Waals surface area contributed by atoms with E-state index in [2.05, 4.69) is 15.6 Å². The summed E-state index contributed by atoms with van der Waals surface area (Å²) in [6.07, 6.45) is 1.51. The smallest absolute Gasteiger partial charge is 0.291 e. The van der Waals surface area contributed by atoms with E-state index in [1.807, 2.05) is 61.5 Å². The summed E-state index contributed by atoms with van der Waals surface area (Å²) in [4.78, 5) is 12.8. The third-order valence-corrected chi connectivity index (χ3v) is 5.10. The number of benzene rings is 3. The average Bonchev–Trinajstić information content (AvgIpc) is 3.30. The number of ether oxygens (including phenoxy) is 2. The molecule has 0 bridgehead atoms. The minimum atomic E-state index is -0.420. The molecule has 0 aliphatic heterocycles. The Labute approximate surface area is 192 Å². The molecule has 0 radical (unpaired) electrons. The van der Waals surface area contributed by atoms with E-state index in [-0.39, 0.29) is 5.69 Å². The van der Waals surface area contributed by atoms with Gasteiger partial charge in [-0.25, -0.2) is 10.1 Å². The highest BCUT2D eigenvalue weighted by Crippen LogP contribution is 2.25. The van der Waals surface area contributed by atoms with Crippen molar-refractivity contribution in [2.24, 2.45) is 5.10 Å². The molecule has 0 saturated heterocycles. The van der Waals surface area contributed by atoms with Crippen LogP contribution in [0.15, 0.2) is 84.0 Å². The first-order valence-electron chi connectivity index (χ1n) is 10.4. The minimum absolute atomic E-state index is 0.254. The first-order chi connectivity index (χ1) is 16.1. The number of aromatic nitrogens is 2. The maximum atomic E-state index is 12.8. The predicted octanol–water partition coefficient (Wildman–Crippen LogP) is 4.63. The number of hydrogen-bond acceptors (Lipinski definition) is 5. The molecule has 7 nitrogen and oxygen atoms in total. The summed E-state index contributed by atoms with van der Waals surface area (Å²) in [7, 11) is 3.15. The fraction of sp³-hybridized carbons (Fsp3) is 0.115. The molecule has 1 heterocycles. The number of para-hydroxylation sites is 1. The highest BCUT2D eigenvalue weighted by atomic mass is 16.5. The van der Waals surface area contributed by atoms with E-state index in [4.69, 9.17) is 9.47 Å². The van der Waals surface area contributed by atoms with Crippen molar-refractivity contribution >= 4 is 12.1 Å². The maximum absolute atomic E-state index is 12.8. The molecule has 4 rings (SSSR count). The fourth-order valence-corrected chi connectivity index (χ4v) is 3.35. The number of amides is 1. The van der Waals surface area contributed by atoms with Crippen LogP contribution >= 0.6 is 0 Å². The zero-order chi connectivity index (χ0) is 23.2. The monoisotopic (exact) mass is 440 g/mol. The second-order valence-corrected chi connectivity index (χ2v) is 7.34. The molecule has 0 saturated carbocycles. The van der Waals surface area contributed by atoms with Crippen molar-refractivity contribution < 1.29 is 14.3 Å². The van der Waals surface area contributed by atoms with Crippen molar-refractivity contribution in [3.8, 4) is 28.4 Å². The molecule has 1 amide bonds. The SMILES string of the molecule is COc1ccc(OC)c(/C=N\NC(=O)c2cc(-c3ccc(C)cc3)n(-c3ccccc3)n2)c1. The summed E-state index contributed by atoms with van der Waals surface area (Å²) in [6, 6.07) is 24.9. The molecule has 0 aliphatic carbocycles. The number of methoxy groups -OCH3 is 2. The molecule has 0 fully saturated rings. The lowest BCUT2D eigenvalue weighted by molar-refractivity contribution is 0.0949. The van der Waals surface area contributed by atoms with Gasteiger partial charge in [0, 0.05) is 11.1 Å². The molecule has 1 N–H and O–H groups in total. The Bertz CT molecular complexity index is 1280. The summed E-state index contributed by atoms with van der Waals surface area (Å²) in [5.74, 6) is 0.855. The number of rotatable bonds is 7. The van der Waals surface area contributed by atoms with Crippen molar-refractivity contribution in [2.45, 2.75) is 6.92 Å². The number of hydrogen-bond donors (Lipinski definition) is 1. The Hall–Kier alpha value is -4.39. The summed E-state index contributed by atoms with van der Waals surface area (Å²) in [6.45, 7) is 2.03. The largest absolute Gasteiger partial charge is 0.497 e.